The minimum absolute atomic E-state index is 0.130. The quantitative estimate of drug-likeness (QED) is 0.712. The topological polar surface area (TPSA) is 46.3 Å². The maximum Gasteiger partial charge on any atom is 0.225 e. The zero-order valence-corrected chi connectivity index (χ0v) is 11.8. The summed E-state index contributed by atoms with van der Waals surface area (Å²) in [7, 11) is 1.89. The van der Waals surface area contributed by atoms with E-state index in [1.165, 1.54) is 0 Å². The van der Waals surface area contributed by atoms with Gasteiger partial charge in [-0.15, -0.1) is 0 Å². The van der Waals surface area contributed by atoms with Gasteiger partial charge < -0.3 is 10.6 Å². The van der Waals surface area contributed by atoms with Crippen molar-refractivity contribution in [3.63, 3.8) is 0 Å². The van der Waals surface area contributed by atoms with Crippen molar-refractivity contribution < 1.29 is 4.79 Å². The molecule has 0 aliphatic rings. The van der Waals surface area contributed by atoms with Gasteiger partial charge in [0.05, 0.1) is 0 Å². The second-order valence-corrected chi connectivity index (χ2v) is 5.55. The summed E-state index contributed by atoms with van der Waals surface area (Å²) in [5, 5.41) is 0. The molecule has 96 valence electrons. The van der Waals surface area contributed by atoms with Crippen molar-refractivity contribution in [2.45, 2.75) is 39.2 Å². The zero-order chi connectivity index (χ0) is 12.6. The first-order valence-corrected chi connectivity index (χ1v) is 7.38. The van der Waals surface area contributed by atoms with Crippen LogP contribution >= 0.6 is 11.8 Å². The third-order valence-corrected chi connectivity index (χ3v) is 3.32. The lowest BCUT2D eigenvalue weighted by Gasteiger charge is -2.21. The Morgan fingerprint density at radius 1 is 1.38 bits per heavy atom. The molecule has 0 saturated heterocycles. The Balaban J connectivity index is 3.79. The molecule has 0 heterocycles. The zero-order valence-electron chi connectivity index (χ0n) is 11.0. The standard InChI is InChI=1S/C12H26N2OS/c1-10(6-5-7-11(2)13)12(15)14(3)8-9-16-4/h10-11H,5-9,13H2,1-4H3. The van der Waals surface area contributed by atoms with E-state index in [0.29, 0.717) is 0 Å². The molecule has 2 atom stereocenters. The van der Waals surface area contributed by atoms with Crippen molar-refractivity contribution in [2.75, 3.05) is 25.6 Å². The molecule has 0 aromatic carbocycles. The van der Waals surface area contributed by atoms with Crippen LogP contribution in [0.25, 0.3) is 0 Å². The molecule has 0 saturated carbocycles. The lowest BCUT2D eigenvalue weighted by atomic mass is 10.0. The second kappa shape index (κ2) is 8.88. The number of thioether (sulfide) groups is 1. The summed E-state index contributed by atoms with van der Waals surface area (Å²) in [6.45, 7) is 4.87. The third-order valence-electron chi connectivity index (χ3n) is 2.73. The average molecular weight is 246 g/mol. The third kappa shape index (κ3) is 7.12. The Labute approximate surface area is 104 Å². The van der Waals surface area contributed by atoms with E-state index in [-0.39, 0.29) is 17.9 Å². The van der Waals surface area contributed by atoms with Crippen LogP contribution in [-0.2, 0) is 4.79 Å². The van der Waals surface area contributed by atoms with Crippen molar-refractivity contribution in [3.05, 3.63) is 0 Å². The van der Waals surface area contributed by atoms with Crippen LogP contribution in [0, 0.1) is 5.92 Å². The Morgan fingerprint density at radius 3 is 2.50 bits per heavy atom. The maximum absolute atomic E-state index is 11.9. The van der Waals surface area contributed by atoms with E-state index in [0.717, 1.165) is 31.6 Å². The number of nitrogens with zero attached hydrogens (tertiary/aromatic N) is 1. The summed E-state index contributed by atoms with van der Waals surface area (Å²) in [5.41, 5.74) is 5.68. The van der Waals surface area contributed by atoms with Gasteiger partial charge in [0.1, 0.15) is 0 Å². The SMILES string of the molecule is CSCCN(C)C(=O)C(C)CCCC(C)N. The van der Waals surface area contributed by atoms with Crippen LogP contribution in [0.5, 0.6) is 0 Å². The highest BCUT2D eigenvalue weighted by atomic mass is 32.2. The molecular weight excluding hydrogens is 220 g/mol. The Kier molecular flexibility index (Phi) is 8.76. The van der Waals surface area contributed by atoms with Crippen molar-refractivity contribution in [1.82, 2.24) is 4.90 Å². The van der Waals surface area contributed by atoms with E-state index in [2.05, 4.69) is 6.26 Å². The molecule has 0 aromatic heterocycles. The first-order valence-electron chi connectivity index (χ1n) is 5.98. The van der Waals surface area contributed by atoms with E-state index in [1.807, 2.05) is 25.8 Å². The molecule has 0 aliphatic carbocycles. The smallest absolute Gasteiger partial charge is 0.225 e. The van der Waals surface area contributed by atoms with E-state index in [1.54, 1.807) is 11.8 Å². The van der Waals surface area contributed by atoms with Crippen LogP contribution in [0.4, 0.5) is 0 Å². The fraction of sp³-hybridized carbons (Fsp3) is 0.917. The number of amides is 1. The van der Waals surface area contributed by atoms with E-state index >= 15 is 0 Å². The van der Waals surface area contributed by atoms with Crippen LogP contribution in [-0.4, -0.2) is 42.4 Å². The van der Waals surface area contributed by atoms with Crippen molar-refractivity contribution in [3.8, 4) is 0 Å². The molecule has 0 aliphatic heterocycles. The number of hydrogen-bond donors (Lipinski definition) is 1. The van der Waals surface area contributed by atoms with Crippen molar-refractivity contribution in [2.24, 2.45) is 11.7 Å². The first-order chi connectivity index (χ1) is 7.49. The molecule has 0 radical (unpaired) electrons. The summed E-state index contributed by atoms with van der Waals surface area (Å²) in [6.07, 6.45) is 5.06. The van der Waals surface area contributed by atoms with E-state index < -0.39 is 0 Å². The van der Waals surface area contributed by atoms with Gasteiger partial charge in [-0.1, -0.05) is 13.3 Å². The van der Waals surface area contributed by atoms with Crippen LogP contribution in [0.2, 0.25) is 0 Å². The van der Waals surface area contributed by atoms with Crippen LogP contribution in [0.3, 0.4) is 0 Å². The number of hydrogen-bond acceptors (Lipinski definition) is 3. The summed E-state index contributed by atoms with van der Waals surface area (Å²) in [6, 6.07) is 0.247. The monoisotopic (exact) mass is 246 g/mol. The molecule has 2 unspecified atom stereocenters. The minimum atomic E-state index is 0.130. The van der Waals surface area contributed by atoms with Gasteiger partial charge in [-0.2, -0.15) is 11.8 Å². The van der Waals surface area contributed by atoms with Gasteiger partial charge in [0.25, 0.3) is 0 Å². The molecule has 0 spiro atoms. The van der Waals surface area contributed by atoms with Gasteiger partial charge in [0.2, 0.25) is 5.91 Å². The van der Waals surface area contributed by atoms with Gasteiger partial charge in [-0.25, -0.2) is 0 Å². The Bertz CT molecular complexity index is 197. The Morgan fingerprint density at radius 2 is 2.00 bits per heavy atom. The number of rotatable bonds is 8. The number of carbonyl (C=O) groups excluding carboxylic acids is 1. The molecular formula is C12H26N2OS. The van der Waals surface area contributed by atoms with Crippen LogP contribution < -0.4 is 5.73 Å². The summed E-state index contributed by atoms with van der Waals surface area (Å²) in [5.74, 6) is 1.40. The highest BCUT2D eigenvalue weighted by Gasteiger charge is 2.16. The van der Waals surface area contributed by atoms with E-state index in [4.69, 9.17) is 5.73 Å². The molecule has 4 heteroatoms. The van der Waals surface area contributed by atoms with Gasteiger partial charge in [-0.05, 0) is 26.0 Å². The highest BCUT2D eigenvalue weighted by Crippen LogP contribution is 2.11. The second-order valence-electron chi connectivity index (χ2n) is 4.56. The van der Waals surface area contributed by atoms with E-state index in [9.17, 15) is 4.79 Å². The average Bonchev–Trinajstić information content (AvgIpc) is 2.24. The van der Waals surface area contributed by atoms with Crippen molar-refractivity contribution >= 4 is 17.7 Å². The highest BCUT2D eigenvalue weighted by molar-refractivity contribution is 7.98. The molecule has 3 nitrogen and oxygen atoms in total. The lowest BCUT2D eigenvalue weighted by Crippen LogP contribution is -2.33. The molecule has 1 amide bonds. The predicted molar refractivity (Wildman–Crippen MR) is 72.7 cm³/mol. The fourth-order valence-electron chi connectivity index (χ4n) is 1.58. The Hall–Kier alpha value is -0.220. The normalized spacial score (nSPS) is 14.6. The minimum Gasteiger partial charge on any atom is -0.345 e. The number of carbonyl (C=O) groups is 1. The molecule has 0 rings (SSSR count). The van der Waals surface area contributed by atoms with Crippen LogP contribution in [0.1, 0.15) is 33.1 Å². The molecule has 2 N–H and O–H groups in total. The largest absolute Gasteiger partial charge is 0.345 e. The van der Waals surface area contributed by atoms with Crippen molar-refractivity contribution in [1.29, 1.82) is 0 Å². The van der Waals surface area contributed by atoms with Gasteiger partial charge in [0.15, 0.2) is 0 Å². The summed E-state index contributed by atoms with van der Waals surface area (Å²) in [4.78, 5) is 13.8. The molecule has 0 aromatic rings. The predicted octanol–water partition coefficient (Wildman–Crippen LogP) is 1.96. The first kappa shape index (κ1) is 15.8. The van der Waals surface area contributed by atoms with Gasteiger partial charge in [0, 0.05) is 31.3 Å². The maximum atomic E-state index is 11.9. The summed E-state index contributed by atoms with van der Waals surface area (Å²) < 4.78 is 0. The summed E-state index contributed by atoms with van der Waals surface area (Å²) >= 11 is 1.77. The van der Waals surface area contributed by atoms with Gasteiger partial charge in [-0.3, -0.25) is 4.79 Å². The molecule has 0 fully saturated rings. The number of nitrogens with two attached hydrogens (primary N) is 1. The fourth-order valence-corrected chi connectivity index (χ4v) is 2.04. The van der Waals surface area contributed by atoms with Gasteiger partial charge >= 0.3 is 0 Å². The lowest BCUT2D eigenvalue weighted by molar-refractivity contribution is -0.133. The molecule has 16 heavy (non-hydrogen) atoms. The molecule has 0 bridgehead atoms. The van der Waals surface area contributed by atoms with Crippen LogP contribution in [0.15, 0.2) is 0 Å².